The minimum Gasteiger partial charge on any atom is -0.398 e. The zero-order chi connectivity index (χ0) is 15.3. The molecule has 0 radical (unpaired) electrons. The molecule has 0 aliphatic rings. The normalized spacial score (nSPS) is 10.9. The number of rotatable bonds is 4. The van der Waals surface area contributed by atoms with Gasteiger partial charge in [-0.1, -0.05) is 0 Å². The lowest BCUT2D eigenvalue weighted by Crippen LogP contribution is -2.37. The summed E-state index contributed by atoms with van der Waals surface area (Å²) in [4.78, 5) is 22.0. The molecule has 0 aliphatic carbocycles. The molecule has 0 aliphatic heterocycles. The van der Waals surface area contributed by atoms with Crippen LogP contribution in [0.4, 0.5) is 23.7 Å². The lowest BCUT2D eigenvalue weighted by atomic mass is 10.1. The number of hydrogen-bond donors (Lipinski definition) is 4. The summed E-state index contributed by atoms with van der Waals surface area (Å²) >= 11 is 0. The van der Waals surface area contributed by atoms with E-state index in [0.717, 1.165) is 6.07 Å². The van der Waals surface area contributed by atoms with Crippen LogP contribution in [-0.2, 0) is 6.18 Å². The number of anilines is 1. The smallest absolute Gasteiger partial charge is 0.398 e. The summed E-state index contributed by atoms with van der Waals surface area (Å²) in [5.74, 6) is -0.707. The molecule has 0 aromatic heterocycles. The third-order valence-electron chi connectivity index (χ3n) is 2.33. The number of hydrogen-bond acceptors (Lipinski definition) is 3. The maximum absolute atomic E-state index is 12.6. The van der Waals surface area contributed by atoms with Crippen molar-refractivity contribution in [2.24, 2.45) is 5.73 Å². The molecule has 0 spiro atoms. The maximum atomic E-state index is 12.6. The van der Waals surface area contributed by atoms with Gasteiger partial charge < -0.3 is 22.1 Å². The number of nitrogen functional groups attached to an aromatic ring is 1. The van der Waals surface area contributed by atoms with Crippen LogP contribution >= 0.6 is 0 Å². The number of nitrogens with two attached hydrogens (primary N) is 2. The second-order valence-corrected chi connectivity index (χ2v) is 3.85. The van der Waals surface area contributed by atoms with Crippen LogP contribution < -0.4 is 22.1 Å². The molecule has 0 bridgehead atoms. The van der Waals surface area contributed by atoms with Gasteiger partial charge in [0.2, 0.25) is 0 Å². The van der Waals surface area contributed by atoms with Gasteiger partial charge in [0.05, 0.1) is 5.56 Å². The van der Waals surface area contributed by atoms with Crippen LogP contribution in [0.1, 0.15) is 15.9 Å². The van der Waals surface area contributed by atoms with Crippen LogP contribution in [0.15, 0.2) is 18.2 Å². The summed E-state index contributed by atoms with van der Waals surface area (Å²) in [6.07, 6.45) is -4.63. The van der Waals surface area contributed by atoms with E-state index in [-0.39, 0.29) is 18.7 Å². The Labute approximate surface area is 112 Å². The highest BCUT2D eigenvalue weighted by molar-refractivity contribution is 5.94. The van der Waals surface area contributed by atoms with Gasteiger partial charge in [0, 0.05) is 24.3 Å². The van der Waals surface area contributed by atoms with Crippen molar-refractivity contribution in [2.75, 3.05) is 18.8 Å². The van der Waals surface area contributed by atoms with Crippen molar-refractivity contribution in [3.8, 4) is 0 Å². The van der Waals surface area contributed by atoms with Crippen LogP contribution in [0.25, 0.3) is 0 Å². The van der Waals surface area contributed by atoms with E-state index >= 15 is 0 Å². The van der Waals surface area contributed by atoms with E-state index in [9.17, 15) is 22.8 Å². The van der Waals surface area contributed by atoms with Gasteiger partial charge in [-0.2, -0.15) is 13.2 Å². The van der Waals surface area contributed by atoms with Gasteiger partial charge in [-0.25, -0.2) is 4.79 Å². The van der Waals surface area contributed by atoms with Crippen LogP contribution in [0.2, 0.25) is 0 Å². The zero-order valence-corrected chi connectivity index (χ0v) is 10.3. The van der Waals surface area contributed by atoms with Crippen molar-refractivity contribution < 1.29 is 22.8 Å². The molecular weight excluding hydrogens is 277 g/mol. The quantitative estimate of drug-likeness (QED) is 0.483. The van der Waals surface area contributed by atoms with Crippen LogP contribution in [0, 0.1) is 0 Å². The number of carbonyl (C=O) groups is 2. The van der Waals surface area contributed by atoms with Crippen LogP contribution in [-0.4, -0.2) is 25.0 Å². The fourth-order valence-corrected chi connectivity index (χ4v) is 1.41. The molecule has 0 atom stereocenters. The number of nitrogens with one attached hydrogen (secondary N) is 2. The summed E-state index contributed by atoms with van der Waals surface area (Å²) in [7, 11) is 0. The molecular formula is C11H13F3N4O2. The fourth-order valence-electron chi connectivity index (χ4n) is 1.41. The van der Waals surface area contributed by atoms with E-state index in [1.54, 1.807) is 0 Å². The first-order chi connectivity index (χ1) is 9.21. The summed E-state index contributed by atoms with van der Waals surface area (Å²) in [5.41, 5.74) is 8.32. The van der Waals surface area contributed by atoms with Crippen molar-refractivity contribution in [1.29, 1.82) is 0 Å². The van der Waals surface area contributed by atoms with Gasteiger partial charge in [0.1, 0.15) is 0 Å². The average molecular weight is 290 g/mol. The third-order valence-corrected chi connectivity index (χ3v) is 2.33. The molecule has 0 saturated carbocycles. The molecule has 110 valence electrons. The number of benzene rings is 1. The number of primary amides is 1. The average Bonchev–Trinajstić information content (AvgIpc) is 2.33. The van der Waals surface area contributed by atoms with Gasteiger partial charge in [0.25, 0.3) is 5.91 Å². The summed E-state index contributed by atoms with van der Waals surface area (Å²) in [6, 6.07) is 2.11. The molecule has 0 saturated heterocycles. The van der Waals surface area contributed by atoms with Gasteiger partial charge in [-0.3, -0.25) is 4.79 Å². The van der Waals surface area contributed by atoms with Crippen molar-refractivity contribution in [3.05, 3.63) is 29.3 Å². The molecule has 9 heteroatoms. The lowest BCUT2D eigenvalue weighted by Gasteiger charge is -2.12. The molecule has 6 nitrogen and oxygen atoms in total. The highest BCUT2D eigenvalue weighted by Gasteiger charge is 2.33. The maximum Gasteiger partial charge on any atom is 0.418 e. The number of urea groups is 1. The Morgan fingerprint density at radius 1 is 1.15 bits per heavy atom. The summed E-state index contributed by atoms with van der Waals surface area (Å²) in [5, 5.41) is 4.56. The summed E-state index contributed by atoms with van der Waals surface area (Å²) in [6.45, 7) is 0.107. The van der Waals surface area contributed by atoms with Gasteiger partial charge >= 0.3 is 12.2 Å². The number of halogens is 3. The van der Waals surface area contributed by atoms with Gasteiger partial charge in [-0.05, 0) is 18.2 Å². The predicted octanol–water partition coefficient (Wildman–Crippen LogP) is 0.686. The van der Waals surface area contributed by atoms with E-state index in [1.807, 2.05) is 0 Å². The molecule has 3 amide bonds. The minimum atomic E-state index is -4.63. The predicted molar refractivity (Wildman–Crippen MR) is 65.8 cm³/mol. The van der Waals surface area contributed by atoms with Gasteiger partial charge in [-0.15, -0.1) is 0 Å². The first-order valence-electron chi connectivity index (χ1n) is 5.50. The van der Waals surface area contributed by atoms with E-state index in [1.165, 1.54) is 6.07 Å². The van der Waals surface area contributed by atoms with Crippen molar-refractivity contribution >= 4 is 17.6 Å². The van der Waals surface area contributed by atoms with Gasteiger partial charge in [0.15, 0.2) is 0 Å². The second kappa shape index (κ2) is 6.13. The van der Waals surface area contributed by atoms with E-state index in [2.05, 4.69) is 10.6 Å². The highest BCUT2D eigenvalue weighted by Crippen LogP contribution is 2.33. The SMILES string of the molecule is NC(=O)NCCNC(=O)c1ccc(N)c(C(F)(F)F)c1. The molecule has 1 rings (SSSR count). The largest absolute Gasteiger partial charge is 0.418 e. The zero-order valence-electron chi connectivity index (χ0n) is 10.3. The Bertz CT molecular complexity index is 517. The first-order valence-corrected chi connectivity index (χ1v) is 5.50. The molecule has 20 heavy (non-hydrogen) atoms. The van der Waals surface area contributed by atoms with E-state index in [0.29, 0.717) is 6.07 Å². The van der Waals surface area contributed by atoms with Crippen molar-refractivity contribution in [1.82, 2.24) is 10.6 Å². The molecule has 1 aromatic carbocycles. The monoisotopic (exact) mass is 290 g/mol. The Morgan fingerprint density at radius 2 is 1.75 bits per heavy atom. The second-order valence-electron chi connectivity index (χ2n) is 3.85. The number of alkyl halides is 3. The summed E-state index contributed by atoms with van der Waals surface area (Å²) < 4.78 is 37.8. The number of carbonyl (C=O) groups excluding carboxylic acids is 2. The molecule has 6 N–H and O–H groups in total. The lowest BCUT2D eigenvalue weighted by molar-refractivity contribution is -0.136. The molecule has 0 unspecified atom stereocenters. The molecule has 0 heterocycles. The molecule has 1 aromatic rings. The molecule has 0 fully saturated rings. The fraction of sp³-hybridized carbons (Fsp3) is 0.273. The Hall–Kier alpha value is -2.45. The standard InChI is InChI=1S/C11H13F3N4O2/c12-11(13,14)7-5-6(1-2-8(7)15)9(19)17-3-4-18-10(16)20/h1-2,5H,3-4,15H2,(H,17,19)(H3,16,18,20). The Balaban J connectivity index is 2.72. The topological polar surface area (TPSA) is 110 Å². The Kier molecular flexibility index (Phi) is 4.78. The van der Waals surface area contributed by atoms with Crippen molar-refractivity contribution in [2.45, 2.75) is 6.18 Å². The first kappa shape index (κ1) is 15.6. The number of amides is 3. The Morgan fingerprint density at radius 3 is 2.30 bits per heavy atom. The van der Waals surface area contributed by atoms with E-state index < -0.39 is 29.4 Å². The van der Waals surface area contributed by atoms with E-state index in [4.69, 9.17) is 11.5 Å². The van der Waals surface area contributed by atoms with Crippen LogP contribution in [0.5, 0.6) is 0 Å². The third kappa shape index (κ3) is 4.34. The van der Waals surface area contributed by atoms with Crippen molar-refractivity contribution in [3.63, 3.8) is 0 Å². The minimum absolute atomic E-state index is 0.0352. The van der Waals surface area contributed by atoms with Crippen LogP contribution in [0.3, 0.4) is 0 Å². The highest BCUT2D eigenvalue weighted by atomic mass is 19.4.